The molecule has 0 spiro atoms. The van der Waals surface area contributed by atoms with Crippen LogP contribution in [0.3, 0.4) is 0 Å². The number of benzene rings is 1. The molecule has 1 aliphatic rings. The first-order chi connectivity index (χ1) is 8.16. The number of piperidine rings is 1. The van der Waals surface area contributed by atoms with Crippen LogP contribution >= 0.6 is 0 Å². The predicted octanol–water partition coefficient (Wildman–Crippen LogP) is 2.37. The molecule has 1 N–H and O–H groups in total. The van der Waals surface area contributed by atoms with Gasteiger partial charge in [-0.1, -0.05) is 0 Å². The van der Waals surface area contributed by atoms with Crippen LogP contribution in [0, 0.1) is 17.5 Å². The SMILES string of the molecule is Fc1cc(COC2CCCNC2)cc(F)c1F. The monoisotopic (exact) mass is 245 g/mol. The van der Waals surface area contributed by atoms with Crippen LogP contribution in [0.25, 0.3) is 0 Å². The van der Waals surface area contributed by atoms with Gasteiger partial charge in [0.25, 0.3) is 0 Å². The van der Waals surface area contributed by atoms with Gasteiger partial charge in [-0.3, -0.25) is 0 Å². The first kappa shape index (κ1) is 12.4. The molecule has 1 aromatic rings. The van der Waals surface area contributed by atoms with Crippen LogP contribution in [-0.4, -0.2) is 19.2 Å². The Bertz CT molecular complexity index is 368. The molecule has 1 heterocycles. The molecule has 1 fully saturated rings. The molecule has 0 aromatic heterocycles. The maximum absolute atomic E-state index is 12.9. The largest absolute Gasteiger partial charge is 0.372 e. The molecule has 1 aliphatic heterocycles. The minimum Gasteiger partial charge on any atom is -0.372 e. The molecule has 0 radical (unpaired) electrons. The third-order valence-electron chi connectivity index (χ3n) is 2.78. The first-order valence-electron chi connectivity index (χ1n) is 5.62. The van der Waals surface area contributed by atoms with Crippen LogP contribution in [0.4, 0.5) is 13.2 Å². The molecule has 1 atom stereocenters. The van der Waals surface area contributed by atoms with E-state index in [-0.39, 0.29) is 12.7 Å². The van der Waals surface area contributed by atoms with E-state index < -0.39 is 17.5 Å². The number of rotatable bonds is 3. The predicted molar refractivity (Wildman–Crippen MR) is 57.0 cm³/mol. The van der Waals surface area contributed by atoms with Crippen molar-refractivity contribution in [1.29, 1.82) is 0 Å². The summed E-state index contributed by atoms with van der Waals surface area (Å²) in [5.74, 6) is -3.79. The van der Waals surface area contributed by atoms with Gasteiger partial charge in [-0.05, 0) is 37.1 Å². The molecule has 94 valence electrons. The second-order valence-electron chi connectivity index (χ2n) is 4.15. The molecule has 0 saturated carbocycles. The van der Waals surface area contributed by atoms with Gasteiger partial charge in [0.1, 0.15) is 0 Å². The standard InChI is InChI=1S/C12H14F3NO/c13-10-4-8(5-11(14)12(10)15)7-17-9-2-1-3-16-6-9/h4-5,9,16H,1-3,6-7H2. The van der Waals surface area contributed by atoms with Gasteiger partial charge in [-0.15, -0.1) is 0 Å². The third-order valence-corrected chi connectivity index (χ3v) is 2.78. The van der Waals surface area contributed by atoms with Gasteiger partial charge in [0.15, 0.2) is 17.5 Å². The number of nitrogens with one attached hydrogen (secondary N) is 1. The van der Waals surface area contributed by atoms with E-state index in [4.69, 9.17) is 4.74 Å². The fourth-order valence-corrected chi connectivity index (χ4v) is 1.87. The van der Waals surface area contributed by atoms with E-state index in [1.54, 1.807) is 0 Å². The molecular weight excluding hydrogens is 231 g/mol. The number of ether oxygens (including phenoxy) is 1. The van der Waals surface area contributed by atoms with Crippen molar-refractivity contribution in [3.05, 3.63) is 35.1 Å². The lowest BCUT2D eigenvalue weighted by atomic mass is 10.1. The minimum absolute atomic E-state index is 0.0555. The Kier molecular flexibility index (Phi) is 4.02. The lowest BCUT2D eigenvalue weighted by molar-refractivity contribution is 0.0250. The Labute approximate surface area is 97.8 Å². The number of hydrogen-bond acceptors (Lipinski definition) is 2. The normalized spacial score (nSPS) is 20.5. The maximum Gasteiger partial charge on any atom is 0.194 e. The van der Waals surface area contributed by atoms with Gasteiger partial charge in [0.05, 0.1) is 12.7 Å². The summed E-state index contributed by atoms with van der Waals surface area (Å²) in [4.78, 5) is 0. The summed E-state index contributed by atoms with van der Waals surface area (Å²) in [5, 5.41) is 3.17. The second-order valence-corrected chi connectivity index (χ2v) is 4.15. The average molecular weight is 245 g/mol. The first-order valence-corrected chi connectivity index (χ1v) is 5.62. The molecule has 0 amide bonds. The molecule has 2 rings (SSSR count). The fraction of sp³-hybridized carbons (Fsp3) is 0.500. The highest BCUT2D eigenvalue weighted by atomic mass is 19.2. The van der Waals surface area contributed by atoms with Crippen LogP contribution in [0.15, 0.2) is 12.1 Å². The van der Waals surface area contributed by atoms with E-state index in [1.807, 2.05) is 0 Å². The van der Waals surface area contributed by atoms with Crippen molar-refractivity contribution < 1.29 is 17.9 Å². The highest BCUT2D eigenvalue weighted by Crippen LogP contribution is 2.16. The molecule has 0 aliphatic carbocycles. The maximum atomic E-state index is 12.9. The van der Waals surface area contributed by atoms with E-state index in [1.165, 1.54) is 0 Å². The summed E-state index contributed by atoms with van der Waals surface area (Å²) in [7, 11) is 0. The van der Waals surface area contributed by atoms with Gasteiger partial charge >= 0.3 is 0 Å². The summed E-state index contributed by atoms with van der Waals surface area (Å²) in [6, 6.07) is 1.93. The van der Waals surface area contributed by atoms with Gasteiger partial charge < -0.3 is 10.1 Å². The van der Waals surface area contributed by atoms with Gasteiger partial charge in [-0.2, -0.15) is 0 Å². The Morgan fingerprint density at radius 1 is 1.24 bits per heavy atom. The van der Waals surface area contributed by atoms with Crippen LogP contribution in [-0.2, 0) is 11.3 Å². The van der Waals surface area contributed by atoms with Crippen molar-refractivity contribution in [2.24, 2.45) is 0 Å². The summed E-state index contributed by atoms with van der Waals surface area (Å²) in [6.07, 6.45) is 2.01. The lowest BCUT2D eigenvalue weighted by Crippen LogP contribution is -2.35. The molecule has 1 aromatic carbocycles. The highest BCUT2D eigenvalue weighted by molar-refractivity contribution is 5.18. The van der Waals surface area contributed by atoms with E-state index in [0.717, 1.165) is 38.1 Å². The topological polar surface area (TPSA) is 21.3 Å². The van der Waals surface area contributed by atoms with E-state index >= 15 is 0 Å². The number of hydrogen-bond donors (Lipinski definition) is 1. The number of halogens is 3. The highest BCUT2D eigenvalue weighted by Gasteiger charge is 2.15. The zero-order chi connectivity index (χ0) is 12.3. The Morgan fingerprint density at radius 3 is 2.53 bits per heavy atom. The fourth-order valence-electron chi connectivity index (χ4n) is 1.87. The van der Waals surface area contributed by atoms with Crippen molar-refractivity contribution in [2.45, 2.75) is 25.6 Å². The third kappa shape index (κ3) is 3.20. The lowest BCUT2D eigenvalue weighted by Gasteiger charge is -2.23. The average Bonchev–Trinajstić information content (AvgIpc) is 2.34. The summed E-state index contributed by atoms with van der Waals surface area (Å²) >= 11 is 0. The Hall–Kier alpha value is -1.07. The zero-order valence-electron chi connectivity index (χ0n) is 9.31. The quantitative estimate of drug-likeness (QED) is 0.825. The molecule has 17 heavy (non-hydrogen) atoms. The minimum atomic E-state index is -1.44. The van der Waals surface area contributed by atoms with Crippen LogP contribution in [0.2, 0.25) is 0 Å². The van der Waals surface area contributed by atoms with Gasteiger partial charge in [0, 0.05) is 6.54 Å². The van der Waals surface area contributed by atoms with Crippen molar-refractivity contribution in [3.8, 4) is 0 Å². The van der Waals surface area contributed by atoms with E-state index in [9.17, 15) is 13.2 Å². The van der Waals surface area contributed by atoms with Crippen LogP contribution in [0.5, 0.6) is 0 Å². The van der Waals surface area contributed by atoms with Crippen molar-refractivity contribution >= 4 is 0 Å². The Balaban J connectivity index is 1.94. The van der Waals surface area contributed by atoms with Crippen LogP contribution in [0.1, 0.15) is 18.4 Å². The molecule has 1 saturated heterocycles. The molecule has 5 heteroatoms. The van der Waals surface area contributed by atoms with Gasteiger partial charge in [-0.25, -0.2) is 13.2 Å². The molecule has 0 bridgehead atoms. The molecule has 1 unspecified atom stereocenters. The summed E-state index contributed by atoms with van der Waals surface area (Å²) in [6.45, 7) is 1.81. The zero-order valence-corrected chi connectivity index (χ0v) is 9.31. The van der Waals surface area contributed by atoms with Crippen LogP contribution < -0.4 is 5.32 Å². The molecular formula is C12H14F3NO. The van der Waals surface area contributed by atoms with E-state index in [0.29, 0.717) is 5.56 Å². The summed E-state index contributed by atoms with van der Waals surface area (Å²) in [5.41, 5.74) is 0.312. The smallest absolute Gasteiger partial charge is 0.194 e. The van der Waals surface area contributed by atoms with Gasteiger partial charge in [0.2, 0.25) is 0 Å². The molecule has 2 nitrogen and oxygen atoms in total. The second kappa shape index (κ2) is 5.51. The Morgan fingerprint density at radius 2 is 1.94 bits per heavy atom. The van der Waals surface area contributed by atoms with Crippen molar-refractivity contribution in [1.82, 2.24) is 5.32 Å². The summed E-state index contributed by atoms with van der Waals surface area (Å²) < 4.78 is 44.1. The van der Waals surface area contributed by atoms with Crippen molar-refractivity contribution in [3.63, 3.8) is 0 Å². The van der Waals surface area contributed by atoms with E-state index in [2.05, 4.69) is 5.32 Å². The van der Waals surface area contributed by atoms with Crippen molar-refractivity contribution in [2.75, 3.05) is 13.1 Å².